The highest BCUT2D eigenvalue weighted by atomic mass is 16.6. The number of hydrogen-bond donors (Lipinski definition) is 0. The molecule has 5 heteroatoms. The lowest BCUT2D eigenvalue weighted by Gasteiger charge is -2.09. The first-order chi connectivity index (χ1) is 13.7. The minimum Gasteiger partial charge on any atom is -0.315 e. The second-order valence-corrected chi connectivity index (χ2v) is 6.58. The fraction of sp³-hybridized carbons (Fsp3) is 0. The number of rotatable bonds is 3. The number of aromatic nitrogens is 2. The van der Waals surface area contributed by atoms with Crippen molar-refractivity contribution in [2.75, 3.05) is 0 Å². The average Bonchev–Trinajstić information content (AvgIpc) is 3.17. The fourth-order valence-electron chi connectivity index (χ4n) is 3.75. The van der Waals surface area contributed by atoms with Crippen LogP contribution in [0, 0.1) is 10.1 Å². The minimum atomic E-state index is -0.301. The van der Waals surface area contributed by atoms with Crippen molar-refractivity contribution in [3.05, 3.63) is 102 Å². The largest absolute Gasteiger partial charge is 0.315 e. The van der Waals surface area contributed by atoms with Gasteiger partial charge in [0.25, 0.3) is 5.69 Å². The first-order valence-electron chi connectivity index (χ1n) is 8.91. The fourth-order valence-corrected chi connectivity index (χ4v) is 3.75. The smallest absolute Gasteiger partial charge is 0.285 e. The van der Waals surface area contributed by atoms with Crippen LogP contribution >= 0.6 is 0 Å². The van der Waals surface area contributed by atoms with Crippen LogP contribution < -0.4 is 0 Å². The topological polar surface area (TPSA) is 61.0 Å². The molecule has 0 atom stereocenters. The van der Waals surface area contributed by atoms with E-state index in [0.717, 1.165) is 27.5 Å². The summed E-state index contributed by atoms with van der Waals surface area (Å²) in [5.41, 5.74) is 3.37. The molecule has 5 nitrogen and oxygen atoms in total. The molecule has 28 heavy (non-hydrogen) atoms. The molecule has 0 aliphatic heterocycles. The van der Waals surface area contributed by atoms with Crippen molar-refractivity contribution in [1.82, 2.24) is 9.55 Å². The molecule has 0 saturated carbocycles. The molecule has 3 aromatic carbocycles. The second kappa shape index (κ2) is 6.32. The Bertz CT molecular complexity index is 1340. The third-order valence-corrected chi connectivity index (χ3v) is 5.02. The zero-order valence-electron chi connectivity index (χ0n) is 14.8. The van der Waals surface area contributed by atoms with Gasteiger partial charge in [0.2, 0.25) is 0 Å². The molecular formula is C23H15N3O2. The predicted octanol–water partition coefficient (Wildman–Crippen LogP) is 5.75. The molecule has 5 rings (SSSR count). The van der Waals surface area contributed by atoms with E-state index in [2.05, 4.69) is 4.98 Å². The maximum absolute atomic E-state index is 12.0. The highest BCUT2D eigenvalue weighted by Crippen LogP contribution is 2.39. The summed E-state index contributed by atoms with van der Waals surface area (Å²) >= 11 is 0. The molecule has 0 spiro atoms. The third kappa shape index (κ3) is 2.45. The Labute approximate surface area is 160 Å². The van der Waals surface area contributed by atoms with Crippen molar-refractivity contribution < 1.29 is 4.92 Å². The van der Waals surface area contributed by atoms with Crippen molar-refractivity contribution >= 4 is 27.4 Å². The van der Waals surface area contributed by atoms with Crippen molar-refractivity contribution in [3.63, 3.8) is 0 Å². The van der Waals surface area contributed by atoms with Gasteiger partial charge < -0.3 is 4.57 Å². The Balaban J connectivity index is 1.80. The van der Waals surface area contributed by atoms with E-state index in [0.29, 0.717) is 10.9 Å². The van der Waals surface area contributed by atoms with E-state index in [9.17, 15) is 10.1 Å². The number of nitrogens with zero attached hydrogens (tertiary/aromatic N) is 3. The van der Waals surface area contributed by atoms with Crippen molar-refractivity contribution in [2.24, 2.45) is 0 Å². The van der Waals surface area contributed by atoms with Crippen LogP contribution in [0.1, 0.15) is 0 Å². The van der Waals surface area contributed by atoms with Crippen molar-refractivity contribution in [3.8, 4) is 16.8 Å². The van der Waals surface area contributed by atoms with Gasteiger partial charge in [-0.2, -0.15) is 0 Å². The Kier molecular flexibility index (Phi) is 3.66. The summed E-state index contributed by atoms with van der Waals surface area (Å²) in [5.74, 6) is 0. The van der Waals surface area contributed by atoms with Gasteiger partial charge in [-0.3, -0.25) is 15.1 Å². The zero-order chi connectivity index (χ0) is 19.1. The van der Waals surface area contributed by atoms with Crippen LogP contribution in [-0.4, -0.2) is 14.5 Å². The molecule has 134 valence electrons. The number of benzene rings is 3. The monoisotopic (exact) mass is 365 g/mol. The molecule has 0 aliphatic carbocycles. The predicted molar refractivity (Wildman–Crippen MR) is 111 cm³/mol. The Hall–Kier alpha value is -3.99. The van der Waals surface area contributed by atoms with E-state index in [4.69, 9.17) is 0 Å². The van der Waals surface area contributed by atoms with Crippen LogP contribution in [0.4, 0.5) is 5.69 Å². The number of nitro benzene ring substituents is 1. The number of para-hydroxylation sites is 1. The summed E-state index contributed by atoms with van der Waals surface area (Å²) in [6.07, 6.45) is 5.46. The minimum absolute atomic E-state index is 0.111. The number of pyridine rings is 1. The highest BCUT2D eigenvalue weighted by molar-refractivity contribution is 6.04. The van der Waals surface area contributed by atoms with E-state index in [1.165, 1.54) is 0 Å². The van der Waals surface area contributed by atoms with Crippen molar-refractivity contribution in [1.29, 1.82) is 0 Å². The van der Waals surface area contributed by atoms with E-state index in [-0.39, 0.29) is 10.6 Å². The van der Waals surface area contributed by atoms with Crippen LogP contribution in [-0.2, 0) is 0 Å². The molecule has 0 amide bonds. The Morgan fingerprint density at radius 2 is 1.57 bits per heavy atom. The van der Waals surface area contributed by atoms with E-state index in [1.54, 1.807) is 18.5 Å². The lowest BCUT2D eigenvalue weighted by molar-refractivity contribution is -0.382. The molecule has 2 heterocycles. The van der Waals surface area contributed by atoms with E-state index in [1.807, 2.05) is 77.5 Å². The molecule has 0 N–H and O–H groups in total. The maximum atomic E-state index is 12.0. The van der Waals surface area contributed by atoms with Gasteiger partial charge in [0.05, 0.1) is 27.6 Å². The molecule has 0 unspecified atom stereocenters. The number of hydrogen-bond acceptors (Lipinski definition) is 3. The summed E-state index contributed by atoms with van der Waals surface area (Å²) in [6, 6.07) is 23.1. The summed E-state index contributed by atoms with van der Waals surface area (Å²) in [7, 11) is 0. The van der Waals surface area contributed by atoms with Crippen LogP contribution in [0.3, 0.4) is 0 Å². The van der Waals surface area contributed by atoms with Gasteiger partial charge in [0.15, 0.2) is 0 Å². The molecule has 0 aliphatic rings. The maximum Gasteiger partial charge on any atom is 0.285 e. The lowest BCUT2D eigenvalue weighted by atomic mass is 9.97. The number of fused-ring (bicyclic) bond motifs is 2. The Morgan fingerprint density at radius 1 is 0.786 bits per heavy atom. The van der Waals surface area contributed by atoms with Crippen LogP contribution in [0.25, 0.3) is 38.5 Å². The normalized spacial score (nSPS) is 11.1. The van der Waals surface area contributed by atoms with Crippen LogP contribution in [0.15, 0.2) is 91.4 Å². The van der Waals surface area contributed by atoms with Gasteiger partial charge >= 0.3 is 0 Å². The second-order valence-electron chi connectivity index (χ2n) is 6.58. The lowest BCUT2D eigenvalue weighted by Crippen LogP contribution is -1.95. The summed E-state index contributed by atoms with van der Waals surface area (Å²) in [6.45, 7) is 0. The first-order valence-corrected chi connectivity index (χ1v) is 8.91. The van der Waals surface area contributed by atoms with Gasteiger partial charge in [-0.25, -0.2) is 0 Å². The quantitative estimate of drug-likeness (QED) is 0.302. The SMILES string of the molecule is O=[N+]([O-])c1c(-c2cncc3c2ccn3-c2ccccc2)ccc2ccccc12. The highest BCUT2D eigenvalue weighted by Gasteiger charge is 2.21. The average molecular weight is 365 g/mol. The molecule has 5 aromatic rings. The van der Waals surface area contributed by atoms with E-state index < -0.39 is 0 Å². The van der Waals surface area contributed by atoms with Gasteiger partial charge in [-0.1, -0.05) is 42.5 Å². The molecule has 0 radical (unpaired) electrons. The van der Waals surface area contributed by atoms with Gasteiger partial charge in [0.1, 0.15) is 0 Å². The summed E-state index contributed by atoms with van der Waals surface area (Å²) in [4.78, 5) is 16.0. The summed E-state index contributed by atoms with van der Waals surface area (Å²) in [5, 5.41) is 14.4. The van der Waals surface area contributed by atoms with Crippen LogP contribution in [0.2, 0.25) is 0 Å². The molecule has 2 aromatic heterocycles. The van der Waals surface area contributed by atoms with Gasteiger partial charge in [-0.15, -0.1) is 0 Å². The molecule has 0 fully saturated rings. The van der Waals surface area contributed by atoms with Gasteiger partial charge in [0, 0.05) is 29.0 Å². The first kappa shape index (κ1) is 16.2. The standard InChI is InChI=1S/C23H15N3O2/c27-26(28)23-18-9-5-4-6-16(18)10-11-20(23)21-14-24-15-22-19(21)12-13-25(22)17-7-2-1-3-8-17/h1-15H. The summed E-state index contributed by atoms with van der Waals surface area (Å²) < 4.78 is 2.04. The van der Waals surface area contributed by atoms with Crippen molar-refractivity contribution in [2.45, 2.75) is 0 Å². The molecule has 0 bridgehead atoms. The Morgan fingerprint density at radius 3 is 2.39 bits per heavy atom. The zero-order valence-corrected chi connectivity index (χ0v) is 14.8. The molecule has 0 saturated heterocycles. The third-order valence-electron chi connectivity index (χ3n) is 5.02. The molecular weight excluding hydrogens is 350 g/mol. The number of nitro groups is 1. The van der Waals surface area contributed by atoms with Gasteiger partial charge in [-0.05, 0) is 35.7 Å². The van der Waals surface area contributed by atoms with Crippen LogP contribution in [0.5, 0.6) is 0 Å². The van der Waals surface area contributed by atoms with E-state index >= 15 is 0 Å².